The minimum absolute atomic E-state index is 0.235. The Morgan fingerprint density at radius 2 is 2.56 bits per heavy atom. The normalized spacial score (nSPS) is 19.9. The Labute approximate surface area is 106 Å². The first kappa shape index (κ1) is 12.9. The molecule has 6 heteroatoms. The number of likely N-dealkylation sites (N-methyl/N-ethyl adjacent to an activating group) is 1. The second-order valence-electron chi connectivity index (χ2n) is 4.31. The molecule has 1 aromatic rings. The van der Waals surface area contributed by atoms with E-state index in [1.54, 1.807) is 6.92 Å². The minimum atomic E-state index is -0.435. The van der Waals surface area contributed by atoms with Gasteiger partial charge in [-0.3, -0.25) is 0 Å². The Balaban J connectivity index is 2.03. The zero-order valence-corrected chi connectivity index (χ0v) is 10.8. The van der Waals surface area contributed by atoms with Crippen molar-refractivity contribution in [3.63, 3.8) is 0 Å². The Morgan fingerprint density at radius 1 is 1.72 bits per heavy atom. The quantitative estimate of drug-likeness (QED) is 0.809. The Morgan fingerprint density at radius 3 is 3.28 bits per heavy atom. The molecule has 6 nitrogen and oxygen atoms in total. The summed E-state index contributed by atoms with van der Waals surface area (Å²) in [7, 11) is 1.95. The van der Waals surface area contributed by atoms with E-state index < -0.39 is 5.97 Å². The van der Waals surface area contributed by atoms with Gasteiger partial charge in [-0.25, -0.2) is 4.79 Å². The van der Waals surface area contributed by atoms with Crippen LogP contribution in [0.3, 0.4) is 0 Å². The molecule has 0 radical (unpaired) electrons. The summed E-state index contributed by atoms with van der Waals surface area (Å²) >= 11 is 0. The van der Waals surface area contributed by atoms with Gasteiger partial charge in [-0.05, 0) is 26.8 Å². The smallest absolute Gasteiger partial charge is 0.360 e. The molecule has 1 aliphatic rings. The number of ether oxygens (including phenoxy) is 1. The van der Waals surface area contributed by atoms with Gasteiger partial charge in [-0.2, -0.15) is 4.98 Å². The third-order valence-corrected chi connectivity index (χ3v) is 3.08. The van der Waals surface area contributed by atoms with E-state index in [1.165, 1.54) is 6.26 Å². The van der Waals surface area contributed by atoms with E-state index >= 15 is 0 Å². The van der Waals surface area contributed by atoms with Crippen molar-refractivity contribution in [3.05, 3.63) is 12.0 Å². The number of oxazole rings is 1. The zero-order chi connectivity index (χ0) is 13.0. The SMILES string of the molecule is CCOC(=O)c1coc(N2CCCC(NC)C2)n1. The van der Waals surface area contributed by atoms with Gasteiger partial charge in [0.15, 0.2) is 5.69 Å². The van der Waals surface area contributed by atoms with Crippen LogP contribution < -0.4 is 10.2 Å². The Hall–Kier alpha value is -1.56. The standard InChI is InChI=1S/C12H19N3O3/c1-3-17-11(16)10-8-18-12(14-10)15-6-4-5-9(7-15)13-2/h8-9,13H,3-7H2,1-2H3. The predicted molar refractivity (Wildman–Crippen MR) is 66.8 cm³/mol. The van der Waals surface area contributed by atoms with Crippen LogP contribution in [0.25, 0.3) is 0 Å². The van der Waals surface area contributed by atoms with Crippen molar-refractivity contribution >= 4 is 12.0 Å². The van der Waals surface area contributed by atoms with Gasteiger partial charge >= 0.3 is 5.97 Å². The number of rotatable bonds is 4. The second-order valence-corrected chi connectivity index (χ2v) is 4.31. The van der Waals surface area contributed by atoms with Gasteiger partial charge < -0.3 is 19.4 Å². The van der Waals surface area contributed by atoms with Crippen LogP contribution in [-0.2, 0) is 4.74 Å². The fourth-order valence-corrected chi connectivity index (χ4v) is 2.09. The van der Waals surface area contributed by atoms with Crippen molar-refractivity contribution in [3.8, 4) is 0 Å². The number of anilines is 1. The average molecular weight is 253 g/mol. The van der Waals surface area contributed by atoms with E-state index in [1.807, 2.05) is 11.9 Å². The third kappa shape index (κ3) is 2.81. The molecule has 1 aliphatic heterocycles. The van der Waals surface area contributed by atoms with Crippen molar-refractivity contribution in [2.45, 2.75) is 25.8 Å². The van der Waals surface area contributed by atoms with Crippen molar-refractivity contribution in [1.29, 1.82) is 0 Å². The molecule has 0 amide bonds. The van der Waals surface area contributed by atoms with Gasteiger partial charge in [0.25, 0.3) is 6.01 Å². The lowest BCUT2D eigenvalue weighted by atomic mass is 10.1. The van der Waals surface area contributed by atoms with Crippen LogP contribution >= 0.6 is 0 Å². The first-order valence-electron chi connectivity index (χ1n) is 6.29. The summed E-state index contributed by atoms with van der Waals surface area (Å²) in [4.78, 5) is 17.7. The van der Waals surface area contributed by atoms with E-state index in [0.29, 0.717) is 18.7 Å². The summed E-state index contributed by atoms with van der Waals surface area (Å²) in [5.74, 6) is -0.435. The molecule has 0 aliphatic carbocycles. The predicted octanol–water partition coefficient (Wildman–Crippen LogP) is 1.04. The Kier molecular flexibility index (Phi) is 4.19. The molecule has 100 valence electrons. The molecular formula is C12H19N3O3. The van der Waals surface area contributed by atoms with Crippen LogP contribution in [0.1, 0.15) is 30.3 Å². The van der Waals surface area contributed by atoms with Crippen LogP contribution in [0.4, 0.5) is 6.01 Å². The maximum absolute atomic E-state index is 11.5. The highest BCUT2D eigenvalue weighted by atomic mass is 16.5. The molecule has 0 bridgehead atoms. The molecule has 0 aromatic carbocycles. The van der Waals surface area contributed by atoms with Crippen molar-refractivity contribution in [2.24, 2.45) is 0 Å². The number of esters is 1. The van der Waals surface area contributed by atoms with Gasteiger partial charge in [-0.15, -0.1) is 0 Å². The molecule has 2 heterocycles. The number of nitrogens with zero attached hydrogens (tertiary/aromatic N) is 2. The summed E-state index contributed by atoms with van der Waals surface area (Å²) in [5.41, 5.74) is 0.235. The molecule has 1 fully saturated rings. The molecule has 1 unspecified atom stereocenters. The van der Waals surface area contributed by atoms with E-state index in [9.17, 15) is 4.79 Å². The zero-order valence-electron chi connectivity index (χ0n) is 10.8. The number of aromatic nitrogens is 1. The van der Waals surface area contributed by atoms with Crippen LogP contribution in [0, 0.1) is 0 Å². The second kappa shape index (κ2) is 5.86. The van der Waals surface area contributed by atoms with Crippen molar-refractivity contribution in [2.75, 3.05) is 31.6 Å². The molecule has 1 aromatic heterocycles. The molecule has 0 saturated carbocycles. The van der Waals surface area contributed by atoms with Crippen LogP contribution in [0.5, 0.6) is 0 Å². The maximum atomic E-state index is 11.5. The number of hydrogen-bond acceptors (Lipinski definition) is 6. The van der Waals surface area contributed by atoms with Crippen LogP contribution in [-0.4, -0.2) is 43.7 Å². The molecule has 18 heavy (non-hydrogen) atoms. The highest BCUT2D eigenvalue weighted by Gasteiger charge is 2.23. The van der Waals surface area contributed by atoms with Crippen molar-refractivity contribution in [1.82, 2.24) is 10.3 Å². The summed E-state index contributed by atoms with van der Waals surface area (Å²) in [6.07, 6.45) is 3.59. The summed E-state index contributed by atoms with van der Waals surface area (Å²) in [6.45, 7) is 3.86. The molecular weight excluding hydrogens is 234 g/mol. The fraction of sp³-hybridized carbons (Fsp3) is 0.667. The van der Waals surface area contributed by atoms with Gasteiger partial charge in [0, 0.05) is 19.1 Å². The lowest BCUT2D eigenvalue weighted by Crippen LogP contribution is -2.44. The summed E-state index contributed by atoms with van der Waals surface area (Å²) in [5, 5.41) is 3.25. The minimum Gasteiger partial charge on any atom is -0.461 e. The van der Waals surface area contributed by atoms with E-state index in [0.717, 1.165) is 25.9 Å². The number of carbonyl (C=O) groups is 1. The summed E-state index contributed by atoms with van der Waals surface area (Å²) < 4.78 is 10.2. The summed E-state index contributed by atoms with van der Waals surface area (Å²) in [6, 6.07) is 0.940. The third-order valence-electron chi connectivity index (χ3n) is 3.08. The number of carbonyl (C=O) groups excluding carboxylic acids is 1. The number of nitrogens with one attached hydrogen (secondary N) is 1. The first-order valence-corrected chi connectivity index (χ1v) is 6.29. The maximum Gasteiger partial charge on any atom is 0.360 e. The molecule has 1 N–H and O–H groups in total. The molecule has 1 atom stereocenters. The van der Waals surface area contributed by atoms with Gasteiger partial charge in [0.1, 0.15) is 6.26 Å². The topological polar surface area (TPSA) is 67.6 Å². The Bertz CT molecular complexity index is 405. The van der Waals surface area contributed by atoms with Crippen molar-refractivity contribution < 1.29 is 13.9 Å². The molecule has 1 saturated heterocycles. The molecule has 2 rings (SSSR count). The highest BCUT2D eigenvalue weighted by molar-refractivity contribution is 5.87. The highest BCUT2D eigenvalue weighted by Crippen LogP contribution is 2.19. The molecule has 0 spiro atoms. The van der Waals surface area contributed by atoms with Gasteiger partial charge in [0.2, 0.25) is 0 Å². The van der Waals surface area contributed by atoms with Crippen LogP contribution in [0.2, 0.25) is 0 Å². The average Bonchev–Trinajstić information content (AvgIpc) is 2.89. The lowest BCUT2D eigenvalue weighted by molar-refractivity contribution is 0.0519. The van der Waals surface area contributed by atoms with E-state index in [2.05, 4.69) is 10.3 Å². The fourth-order valence-electron chi connectivity index (χ4n) is 2.09. The number of hydrogen-bond donors (Lipinski definition) is 1. The monoisotopic (exact) mass is 253 g/mol. The van der Waals surface area contributed by atoms with Crippen LogP contribution in [0.15, 0.2) is 10.7 Å². The van der Waals surface area contributed by atoms with Gasteiger partial charge in [0.05, 0.1) is 6.61 Å². The van der Waals surface area contributed by atoms with E-state index in [-0.39, 0.29) is 5.69 Å². The first-order chi connectivity index (χ1) is 8.74. The van der Waals surface area contributed by atoms with Gasteiger partial charge in [-0.1, -0.05) is 0 Å². The van der Waals surface area contributed by atoms with E-state index in [4.69, 9.17) is 9.15 Å². The number of piperidine rings is 1. The lowest BCUT2D eigenvalue weighted by Gasteiger charge is -2.31. The largest absolute Gasteiger partial charge is 0.461 e.